The van der Waals surface area contributed by atoms with Gasteiger partial charge in [-0.25, -0.2) is 4.98 Å². The fraction of sp³-hybridized carbons (Fsp3) is 0.0526. The monoisotopic (exact) mass is 447 g/mol. The van der Waals surface area contributed by atoms with Crippen LogP contribution in [0, 0.1) is 0 Å². The van der Waals surface area contributed by atoms with E-state index in [9.17, 15) is 4.79 Å². The van der Waals surface area contributed by atoms with Crippen molar-refractivity contribution in [1.82, 2.24) is 9.55 Å². The van der Waals surface area contributed by atoms with E-state index in [1.165, 1.54) is 11.8 Å². The van der Waals surface area contributed by atoms with Crippen LogP contribution in [0.25, 0.3) is 5.70 Å². The number of carbonyl (C=O) groups excluding carboxylic acids is 1. The number of aromatic nitrogens is 2. The largest absolute Gasteiger partial charge is 0.348 e. The predicted molar refractivity (Wildman–Crippen MR) is 113 cm³/mol. The molecule has 0 aliphatic heterocycles. The van der Waals surface area contributed by atoms with E-state index in [2.05, 4.69) is 26.2 Å². The molecule has 3 rings (SSSR count). The quantitative estimate of drug-likeness (QED) is 0.383. The van der Waals surface area contributed by atoms with Crippen LogP contribution in [0.3, 0.4) is 0 Å². The molecule has 2 aromatic carbocycles. The molecule has 0 fully saturated rings. The smallest absolute Gasteiger partial charge is 0.212 e. The molecule has 0 atom stereocenters. The molecule has 1 N–H and O–H groups in total. The number of allylic oxidation sites excluding steroid dienone is 1. The molecule has 0 saturated heterocycles. The first-order valence-electron chi connectivity index (χ1n) is 7.68. The minimum Gasteiger partial charge on any atom is -0.348 e. The summed E-state index contributed by atoms with van der Waals surface area (Å²) in [5.74, 6) is -0.117. The lowest BCUT2D eigenvalue weighted by Gasteiger charge is -2.16. The molecule has 3 aromatic rings. The number of ketones is 1. The highest BCUT2D eigenvalue weighted by Gasteiger charge is 2.19. The summed E-state index contributed by atoms with van der Waals surface area (Å²) in [7, 11) is 0. The second-order valence-electron chi connectivity index (χ2n) is 5.32. The molecule has 0 bridgehead atoms. The molecule has 1 aromatic heterocycles. The molecule has 132 valence electrons. The van der Waals surface area contributed by atoms with E-state index in [0.29, 0.717) is 16.3 Å². The van der Waals surface area contributed by atoms with Crippen molar-refractivity contribution in [2.75, 3.05) is 11.6 Å². The van der Waals surface area contributed by atoms with E-state index >= 15 is 0 Å². The van der Waals surface area contributed by atoms with Crippen molar-refractivity contribution in [1.29, 1.82) is 0 Å². The molecule has 26 heavy (non-hydrogen) atoms. The van der Waals surface area contributed by atoms with Gasteiger partial charge >= 0.3 is 0 Å². The fourth-order valence-corrected chi connectivity index (χ4v) is 3.34. The van der Waals surface area contributed by atoms with E-state index in [4.69, 9.17) is 11.6 Å². The highest BCUT2D eigenvalue weighted by molar-refractivity contribution is 9.10. The minimum atomic E-state index is -0.117. The van der Waals surface area contributed by atoms with Crippen molar-refractivity contribution in [2.45, 2.75) is 0 Å². The number of nitrogens with zero attached hydrogens (tertiary/aromatic N) is 2. The topological polar surface area (TPSA) is 46.9 Å². The first-order valence-corrected chi connectivity index (χ1v) is 10.1. The van der Waals surface area contributed by atoms with Crippen molar-refractivity contribution < 1.29 is 4.79 Å². The Morgan fingerprint density at radius 1 is 1.15 bits per heavy atom. The molecular formula is C19H15BrClN3OS. The first-order chi connectivity index (χ1) is 12.6. The van der Waals surface area contributed by atoms with Gasteiger partial charge in [-0.3, -0.25) is 4.79 Å². The number of benzene rings is 2. The summed E-state index contributed by atoms with van der Waals surface area (Å²) in [5.41, 5.74) is 1.95. The summed E-state index contributed by atoms with van der Waals surface area (Å²) in [6.07, 6.45) is 6.94. The number of rotatable bonds is 6. The second-order valence-corrected chi connectivity index (χ2v) is 7.49. The Morgan fingerprint density at radius 3 is 2.42 bits per heavy atom. The van der Waals surface area contributed by atoms with E-state index in [1.807, 2.05) is 30.5 Å². The fourth-order valence-electron chi connectivity index (χ4n) is 2.34. The van der Waals surface area contributed by atoms with Gasteiger partial charge in [0.2, 0.25) is 5.78 Å². The maximum atomic E-state index is 13.2. The van der Waals surface area contributed by atoms with E-state index in [-0.39, 0.29) is 5.78 Å². The lowest BCUT2D eigenvalue weighted by molar-refractivity contribution is 0.105. The third-order valence-corrected chi connectivity index (χ3v) is 5.09. The number of hydrogen-bond donors (Lipinski definition) is 1. The molecule has 0 radical (unpaired) electrons. The van der Waals surface area contributed by atoms with Gasteiger partial charge in [-0.1, -0.05) is 27.5 Å². The van der Waals surface area contributed by atoms with Crippen molar-refractivity contribution in [3.63, 3.8) is 0 Å². The van der Waals surface area contributed by atoms with Crippen molar-refractivity contribution in [3.05, 3.63) is 87.3 Å². The van der Waals surface area contributed by atoms with Crippen LogP contribution in [0.15, 0.2) is 76.8 Å². The van der Waals surface area contributed by atoms with Gasteiger partial charge in [0.25, 0.3) is 0 Å². The standard InChI is InChI=1S/C19H15BrClN3OS/c1-26-19(23-16-8-4-14(20)5-9-16)17(24-11-10-22-12-24)18(25)13-2-6-15(21)7-3-13/h2-12,23H,1H3/b19-17-. The maximum absolute atomic E-state index is 13.2. The average Bonchev–Trinajstić information content (AvgIpc) is 3.17. The average molecular weight is 449 g/mol. The van der Waals surface area contributed by atoms with Gasteiger partial charge < -0.3 is 9.88 Å². The zero-order valence-corrected chi connectivity index (χ0v) is 17.0. The number of anilines is 1. The number of imidazole rings is 1. The molecule has 0 amide bonds. The Bertz CT molecular complexity index is 922. The Morgan fingerprint density at radius 2 is 1.85 bits per heavy atom. The minimum absolute atomic E-state index is 0.117. The number of halogens is 2. The number of thioether (sulfide) groups is 1. The zero-order chi connectivity index (χ0) is 18.5. The van der Waals surface area contributed by atoms with Crippen LogP contribution >= 0.6 is 39.3 Å². The van der Waals surface area contributed by atoms with Crippen LogP contribution in [0.2, 0.25) is 5.02 Å². The van der Waals surface area contributed by atoms with Gasteiger partial charge in [-0.15, -0.1) is 11.8 Å². The highest BCUT2D eigenvalue weighted by Crippen LogP contribution is 2.27. The summed E-state index contributed by atoms with van der Waals surface area (Å²) in [6, 6.07) is 14.6. The molecule has 0 spiro atoms. The highest BCUT2D eigenvalue weighted by atomic mass is 79.9. The summed E-state index contributed by atoms with van der Waals surface area (Å²) in [4.78, 5) is 17.3. The summed E-state index contributed by atoms with van der Waals surface area (Å²) in [6.45, 7) is 0. The van der Waals surface area contributed by atoms with Crippen LogP contribution in [-0.4, -0.2) is 21.6 Å². The predicted octanol–water partition coefficient (Wildman–Crippen LogP) is 5.78. The van der Waals surface area contributed by atoms with Gasteiger partial charge in [-0.2, -0.15) is 0 Å². The SMILES string of the molecule is CS/C(Nc1ccc(Br)cc1)=C(/C(=O)c1ccc(Cl)cc1)n1ccnc1. The molecule has 0 aliphatic carbocycles. The Hall–Kier alpha value is -2.02. The van der Waals surface area contributed by atoms with Crippen LogP contribution in [0.1, 0.15) is 10.4 Å². The van der Waals surface area contributed by atoms with E-state index in [0.717, 1.165) is 15.2 Å². The summed E-state index contributed by atoms with van der Waals surface area (Å²) in [5, 5.41) is 4.65. The first kappa shape index (κ1) is 18.8. The molecule has 7 heteroatoms. The van der Waals surface area contributed by atoms with Crippen LogP contribution in [0.4, 0.5) is 5.69 Å². The van der Waals surface area contributed by atoms with Gasteiger partial charge in [-0.05, 0) is 54.8 Å². The van der Waals surface area contributed by atoms with Crippen LogP contribution in [0.5, 0.6) is 0 Å². The molecule has 0 aliphatic rings. The lowest BCUT2D eigenvalue weighted by atomic mass is 10.1. The van der Waals surface area contributed by atoms with Crippen LogP contribution < -0.4 is 5.32 Å². The van der Waals surface area contributed by atoms with Gasteiger partial charge in [0.15, 0.2) is 0 Å². The summed E-state index contributed by atoms with van der Waals surface area (Å²) < 4.78 is 2.71. The molecule has 4 nitrogen and oxygen atoms in total. The molecule has 1 heterocycles. The summed E-state index contributed by atoms with van der Waals surface area (Å²) >= 11 is 10.8. The molecule has 0 unspecified atom stereocenters. The van der Waals surface area contributed by atoms with Gasteiger partial charge in [0, 0.05) is 33.1 Å². The normalized spacial score (nSPS) is 11.8. The van der Waals surface area contributed by atoms with E-state index in [1.54, 1.807) is 47.6 Å². The number of hydrogen-bond acceptors (Lipinski definition) is 4. The Kier molecular flexibility index (Phi) is 6.19. The zero-order valence-electron chi connectivity index (χ0n) is 13.8. The van der Waals surface area contributed by atoms with E-state index < -0.39 is 0 Å². The number of carbonyl (C=O) groups is 1. The molecule has 0 saturated carbocycles. The van der Waals surface area contributed by atoms with Crippen LogP contribution in [-0.2, 0) is 0 Å². The van der Waals surface area contributed by atoms with Crippen molar-refractivity contribution >= 4 is 56.5 Å². The maximum Gasteiger partial charge on any atom is 0.212 e. The second kappa shape index (κ2) is 8.58. The van der Waals surface area contributed by atoms with Crippen molar-refractivity contribution in [2.24, 2.45) is 0 Å². The third kappa shape index (κ3) is 4.38. The lowest BCUT2D eigenvalue weighted by Crippen LogP contribution is -2.13. The Balaban J connectivity index is 2.05. The Labute approximate surface area is 169 Å². The van der Waals surface area contributed by atoms with Gasteiger partial charge in [0.05, 0.1) is 6.33 Å². The van der Waals surface area contributed by atoms with Gasteiger partial charge in [0.1, 0.15) is 10.7 Å². The number of Topliss-reactive ketones (excluding diaryl/α,β-unsaturated/α-hetero) is 1. The third-order valence-electron chi connectivity index (χ3n) is 3.61. The number of nitrogens with one attached hydrogen (secondary N) is 1. The van der Waals surface area contributed by atoms with Crippen molar-refractivity contribution in [3.8, 4) is 0 Å². The molecular weight excluding hydrogens is 434 g/mol.